The highest BCUT2D eigenvalue weighted by molar-refractivity contribution is 5.69. The van der Waals surface area contributed by atoms with E-state index in [1.807, 2.05) is 48.5 Å². The normalized spacial score (nSPS) is 20.0. The second kappa shape index (κ2) is 7.29. The van der Waals surface area contributed by atoms with E-state index < -0.39 is 0 Å². The van der Waals surface area contributed by atoms with Crippen LogP contribution in [0.2, 0.25) is 0 Å². The van der Waals surface area contributed by atoms with Gasteiger partial charge < -0.3 is 9.47 Å². The molecular weight excluding hydrogens is 290 g/mol. The number of ether oxygens (including phenoxy) is 2. The molecule has 1 saturated heterocycles. The SMILES string of the molecule is CO[C@H]1CN(C(=O)OCc2ccccc2)[C@H]1Cc1ccccc1. The minimum absolute atomic E-state index is 0.0330. The van der Waals surface area contributed by atoms with Crippen molar-refractivity contribution in [2.24, 2.45) is 0 Å². The summed E-state index contributed by atoms with van der Waals surface area (Å²) < 4.78 is 10.9. The summed E-state index contributed by atoms with van der Waals surface area (Å²) in [7, 11) is 1.69. The third-order valence-corrected chi connectivity index (χ3v) is 4.24. The molecule has 1 fully saturated rings. The molecule has 0 bridgehead atoms. The molecule has 2 aromatic rings. The van der Waals surface area contributed by atoms with E-state index >= 15 is 0 Å². The van der Waals surface area contributed by atoms with E-state index in [9.17, 15) is 4.79 Å². The van der Waals surface area contributed by atoms with Crippen molar-refractivity contribution in [2.45, 2.75) is 25.2 Å². The molecule has 0 spiro atoms. The molecule has 3 rings (SSSR count). The van der Waals surface area contributed by atoms with Crippen LogP contribution in [0.4, 0.5) is 4.79 Å². The Balaban J connectivity index is 1.58. The molecule has 0 unspecified atom stereocenters. The van der Waals surface area contributed by atoms with Crippen molar-refractivity contribution in [1.29, 1.82) is 0 Å². The number of benzene rings is 2. The second-order valence-electron chi connectivity index (χ2n) is 5.72. The van der Waals surface area contributed by atoms with Gasteiger partial charge in [0.15, 0.2) is 0 Å². The van der Waals surface area contributed by atoms with Crippen LogP contribution in [0.5, 0.6) is 0 Å². The Morgan fingerprint density at radius 1 is 1.04 bits per heavy atom. The Morgan fingerprint density at radius 2 is 1.65 bits per heavy atom. The van der Waals surface area contributed by atoms with E-state index in [0.29, 0.717) is 13.2 Å². The Kier molecular flexibility index (Phi) is 4.93. The summed E-state index contributed by atoms with van der Waals surface area (Å²) in [5, 5.41) is 0. The van der Waals surface area contributed by atoms with Gasteiger partial charge in [-0.2, -0.15) is 0 Å². The van der Waals surface area contributed by atoms with Crippen LogP contribution in [0.1, 0.15) is 11.1 Å². The zero-order valence-corrected chi connectivity index (χ0v) is 13.2. The van der Waals surface area contributed by atoms with Crippen LogP contribution in [0.3, 0.4) is 0 Å². The van der Waals surface area contributed by atoms with Gasteiger partial charge >= 0.3 is 6.09 Å². The lowest BCUT2D eigenvalue weighted by Crippen LogP contribution is -2.63. The zero-order chi connectivity index (χ0) is 16.1. The Labute approximate surface area is 136 Å². The van der Waals surface area contributed by atoms with E-state index in [0.717, 1.165) is 12.0 Å². The first-order valence-corrected chi connectivity index (χ1v) is 7.82. The number of likely N-dealkylation sites (tertiary alicyclic amines) is 1. The standard InChI is InChI=1S/C19H21NO3/c1-22-18-13-20(17(18)12-15-8-4-2-5-9-15)19(21)23-14-16-10-6-3-7-11-16/h2-11,17-18H,12-14H2,1H3/t17-,18-/m0/s1. The van der Waals surface area contributed by atoms with Crippen molar-refractivity contribution < 1.29 is 14.3 Å². The quantitative estimate of drug-likeness (QED) is 0.851. The summed E-state index contributed by atoms with van der Waals surface area (Å²) in [6.07, 6.45) is 0.572. The first-order chi connectivity index (χ1) is 11.3. The maximum atomic E-state index is 12.3. The molecule has 2 aromatic carbocycles. The lowest BCUT2D eigenvalue weighted by molar-refractivity contribution is -0.0760. The minimum Gasteiger partial charge on any atom is -0.445 e. The van der Waals surface area contributed by atoms with Crippen molar-refractivity contribution in [3.05, 3.63) is 71.8 Å². The monoisotopic (exact) mass is 311 g/mol. The van der Waals surface area contributed by atoms with Crippen LogP contribution in [0.25, 0.3) is 0 Å². The van der Waals surface area contributed by atoms with Crippen LogP contribution < -0.4 is 0 Å². The molecule has 4 nitrogen and oxygen atoms in total. The van der Waals surface area contributed by atoms with E-state index in [1.165, 1.54) is 5.56 Å². The maximum Gasteiger partial charge on any atom is 0.410 e. The first-order valence-electron chi connectivity index (χ1n) is 7.82. The zero-order valence-electron chi connectivity index (χ0n) is 13.2. The summed E-state index contributed by atoms with van der Waals surface area (Å²) in [5.74, 6) is 0. The molecule has 1 heterocycles. The number of amides is 1. The number of carbonyl (C=O) groups is 1. The Hall–Kier alpha value is -2.33. The predicted molar refractivity (Wildman–Crippen MR) is 88.1 cm³/mol. The number of nitrogens with zero attached hydrogens (tertiary/aromatic N) is 1. The molecule has 0 saturated carbocycles. The van der Waals surface area contributed by atoms with E-state index in [4.69, 9.17) is 9.47 Å². The van der Waals surface area contributed by atoms with Gasteiger partial charge in [0.25, 0.3) is 0 Å². The molecule has 0 aliphatic carbocycles. The van der Waals surface area contributed by atoms with E-state index in [-0.39, 0.29) is 18.2 Å². The number of carbonyl (C=O) groups excluding carboxylic acids is 1. The molecule has 1 aliphatic rings. The topological polar surface area (TPSA) is 38.8 Å². The van der Waals surface area contributed by atoms with Gasteiger partial charge in [-0.25, -0.2) is 4.79 Å². The van der Waals surface area contributed by atoms with E-state index in [2.05, 4.69) is 12.1 Å². The average Bonchev–Trinajstić information content (AvgIpc) is 2.59. The third kappa shape index (κ3) is 3.71. The fourth-order valence-corrected chi connectivity index (χ4v) is 2.85. The van der Waals surface area contributed by atoms with Crippen molar-refractivity contribution >= 4 is 6.09 Å². The van der Waals surface area contributed by atoms with E-state index in [1.54, 1.807) is 12.0 Å². The van der Waals surface area contributed by atoms with Gasteiger partial charge in [0.2, 0.25) is 0 Å². The average molecular weight is 311 g/mol. The molecule has 4 heteroatoms. The minimum atomic E-state index is -0.275. The smallest absolute Gasteiger partial charge is 0.410 e. The van der Waals surface area contributed by atoms with Gasteiger partial charge in [-0.05, 0) is 17.5 Å². The summed E-state index contributed by atoms with van der Waals surface area (Å²) >= 11 is 0. The molecule has 1 aliphatic heterocycles. The molecule has 0 N–H and O–H groups in total. The lowest BCUT2D eigenvalue weighted by atomic mass is 9.93. The first kappa shape index (κ1) is 15.6. The Morgan fingerprint density at radius 3 is 2.26 bits per heavy atom. The van der Waals surface area contributed by atoms with Crippen molar-refractivity contribution in [3.8, 4) is 0 Å². The van der Waals surface area contributed by atoms with Gasteiger partial charge in [0, 0.05) is 7.11 Å². The number of methoxy groups -OCH3 is 1. The van der Waals surface area contributed by atoms with Crippen molar-refractivity contribution in [2.75, 3.05) is 13.7 Å². The Bertz CT molecular complexity index is 630. The molecule has 1 amide bonds. The fourth-order valence-electron chi connectivity index (χ4n) is 2.85. The lowest BCUT2D eigenvalue weighted by Gasteiger charge is -2.46. The van der Waals surface area contributed by atoms with Crippen LogP contribution >= 0.6 is 0 Å². The molecular formula is C19H21NO3. The molecule has 0 radical (unpaired) electrons. The fraction of sp³-hybridized carbons (Fsp3) is 0.316. The third-order valence-electron chi connectivity index (χ3n) is 4.24. The predicted octanol–water partition coefficient (Wildman–Crippen LogP) is 3.27. The number of rotatable bonds is 5. The maximum absolute atomic E-state index is 12.3. The highest BCUT2D eigenvalue weighted by Crippen LogP contribution is 2.25. The van der Waals surface area contributed by atoms with Gasteiger partial charge in [-0.3, -0.25) is 4.90 Å². The largest absolute Gasteiger partial charge is 0.445 e. The molecule has 120 valence electrons. The van der Waals surface area contributed by atoms with Crippen molar-refractivity contribution in [3.63, 3.8) is 0 Å². The van der Waals surface area contributed by atoms with Crippen LogP contribution in [-0.4, -0.2) is 36.8 Å². The van der Waals surface area contributed by atoms with Gasteiger partial charge in [0.1, 0.15) is 6.61 Å². The second-order valence-corrected chi connectivity index (χ2v) is 5.72. The summed E-state index contributed by atoms with van der Waals surface area (Å²) in [6.45, 7) is 0.882. The molecule has 0 aromatic heterocycles. The summed E-state index contributed by atoms with van der Waals surface area (Å²) in [6, 6.07) is 19.9. The van der Waals surface area contributed by atoms with Crippen molar-refractivity contribution in [1.82, 2.24) is 4.90 Å². The van der Waals surface area contributed by atoms with Gasteiger partial charge in [-0.1, -0.05) is 60.7 Å². The van der Waals surface area contributed by atoms with Gasteiger partial charge in [-0.15, -0.1) is 0 Å². The summed E-state index contributed by atoms with van der Waals surface area (Å²) in [4.78, 5) is 14.1. The number of hydrogen-bond donors (Lipinski definition) is 0. The molecule has 23 heavy (non-hydrogen) atoms. The number of hydrogen-bond acceptors (Lipinski definition) is 3. The van der Waals surface area contributed by atoms with Crippen LogP contribution in [0, 0.1) is 0 Å². The summed E-state index contributed by atoms with van der Waals surface area (Å²) in [5.41, 5.74) is 2.18. The molecule has 2 atom stereocenters. The van der Waals surface area contributed by atoms with Crippen LogP contribution in [0.15, 0.2) is 60.7 Å². The highest BCUT2D eigenvalue weighted by atomic mass is 16.6. The van der Waals surface area contributed by atoms with Gasteiger partial charge in [0.05, 0.1) is 18.7 Å². The highest BCUT2D eigenvalue weighted by Gasteiger charge is 2.42. The van der Waals surface area contributed by atoms with Crippen LogP contribution in [-0.2, 0) is 22.5 Å².